The molecule has 3 heteroatoms. The van der Waals surface area contributed by atoms with Crippen LogP contribution in [0.4, 0.5) is 0 Å². The molecular formula is C13H23NOSi. The van der Waals surface area contributed by atoms with E-state index >= 15 is 0 Å². The molecule has 2 N–H and O–H groups in total. The van der Waals surface area contributed by atoms with Crippen molar-refractivity contribution in [1.82, 2.24) is 0 Å². The molecule has 1 aromatic heterocycles. The fourth-order valence-electron chi connectivity index (χ4n) is 2.37. The zero-order valence-corrected chi connectivity index (χ0v) is 11.6. The van der Waals surface area contributed by atoms with Crippen LogP contribution in [0.5, 0.6) is 0 Å². The molecule has 0 bridgehead atoms. The molecule has 0 aliphatic heterocycles. The quantitative estimate of drug-likeness (QED) is 0.609. The van der Waals surface area contributed by atoms with Gasteiger partial charge in [0.15, 0.2) is 0 Å². The predicted octanol–water partition coefficient (Wildman–Crippen LogP) is 3.18. The highest BCUT2D eigenvalue weighted by molar-refractivity contribution is 6.91. The van der Waals surface area contributed by atoms with Crippen molar-refractivity contribution in [3.05, 3.63) is 30.5 Å². The minimum atomic E-state index is -1.46. The first-order chi connectivity index (χ1) is 7.65. The highest BCUT2D eigenvalue weighted by Gasteiger charge is 2.35. The van der Waals surface area contributed by atoms with Gasteiger partial charge in [-0.15, -0.1) is 6.58 Å². The van der Waals surface area contributed by atoms with Crippen LogP contribution in [0.1, 0.15) is 32.4 Å². The molecule has 0 amide bonds. The lowest BCUT2D eigenvalue weighted by atomic mass is 10.2. The molecule has 1 aromatic rings. The molecule has 1 unspecified atom stereocenters. The lowest BCUT2D eigenvalue weighted by Crippen LogP contribution is -2.47. The third kappa shape index (κ3) is 2.15. The summed E-state index contributed by atoms with van der Waals surface area (Å²) in [7, 11) is -1.46. The fourth-order valence-corrected chi connectivity index (χ4v) is 6.02. The molecule has 1 heterocycles. The van der Waals surface area contributed by atoms with Crippen molar-refractivity contribution in [2.75, 3.05) is 0 Å². The minimum absolute atomic E-state index is 0.0923. The maximum absolute atomic E-state index is 6.04. The molecule has 0 aliphatic carbocycles. The van der Waals surface area contributed by atoms with Crippen molar-refractivity contribution in [3.63, 3.8) is 0 Å². The van der Waals surface area contributed by atoms with E-state index < -0.39 is 8.07 Å². The van der Waals surface area contributed by atoms with Gasteiger partial charge in [-0.3, -0.25) is 0 Å². The largest absolute Gasteiger partial charge is 0.474 e. The Hall–Kier alpha value is -0.803. The van der Waals surface area contributed by atoms with Gasteiger partial charge in [-0.05, 0) is 6.07 Å². The summed E-state index contributed by atoms with van der Waals surface area (Å²) >= 11 is 0. The molecule has 90 valence electrons. The fraction of sp³-hybridized carbons (Fsp3) is 0.538. The van der Waals surface area contributed by atoms with Gasteiger partial charge in [0.05, 0.1) is 17.7 Å². The molecule has 2 nitrogen and oxygen atoms in total. The average molecular weight is 237 g/mol. The topological polar surface area (TPSA) is 39.2 Å². The molecule has 0 aromatic carbocycles. The molecule has 1 rings (SSSR count). The normalized spacial score (nSPS) is 13.8. The number of rotatable bonds is 6. The number of hydrogen-bond donors (Lipinski definition) is 1. The van der Waals surface area contributed by atoms with Crippen molar-refractivity contribution < 1.29 is 4.42 Å². The van der Waals surface area contributed by atoms with Crippen LogP contribution in [0.15, 0.2) is 29.4 Å². The summed E-state index contributed by atoms with van der Waals surface area (Å²) in [4.78, 5) is 0. The lowest BCUT2D eigenvalue weighted by molar-refractivity contribution is 0.591. The first-order valence-corrected chi connectivity index (χ1v) is 8.73. The second-order valence-corrected chi connectivity index (χ2v) is 9.44. The third-order valence-corrected chi connectivity index (χ3v) is 9.25. The summed E-state index contributed by atoms with van der Waals surface area (Å²) in [6.07, 6.45) is 3.56. The third-order valence-electron chi connectivity index (χ3n) is 3.82. The number of nitrogens with two attached hydrogens (primary N) is 1. The highest BCUT2D eigenvalue weighted by Crippen LogP contribution is 2.24. The van der Waals surface area contributed by atoms with Crippen LogP contribution in [0.25, 0.3) is 0 Å². The smallest absolute Gasteiger partial charge is 0.132 e. The van der Waals surface area contributed by atoms with E-state index in [-0.39, 0.29) is 6.04 Å². The molecule has 0 saturated heterocycles. The maximum Gasteiger partial charge on any atom is 0.132 e. The van der Waals surface area contributed by atoms with E-state index in [4.69, 9.17) is 10.2 Å². The van der Waals surface area contributed by atoms with E-state index in [1.54, 1.807) is 12.3 Å². The zero-order chi connectivity index (χ0) is 12.2. The van der Waals surface area contributed by atoms with E-state index in [0.29, 0.717) is 0 Å². The molecule has 0 saturated carbocycles. The SMILES string of the molecule is C=CC(N)c1ccoc1[Si](CC)(CC)CC. The highest BCUT2D eigenvalue weighted by atomic mass is 28.3. The Bertz CT molecular complexity index is 333. The predicted molar refractivity (Wildman–Crippen MR) is 72.7 cm³/mol. The molecule has 0 fully saturated rings. The van der Waals surface area contributed by atoms with E-state index in [1.807, 2.05) is 6.07 Å². The molecule has 1 atom stereocenters. The van der Waals surface area contributed by atoms with Crippen LogP contribution in [0.2, 0.25) is 18.1 Å². The number of hydrogen-bond acceptors (Lipinski definition) is 2. The van der Waals surface area contributed by atoms with Crippen LogP contribution in [-0.4, -0.2) is 8.07 Å². The van der Waals surface area contributed by atoms with Gasteiger partial charge in [0.2, 0.25) is 0 Å². The summed E-state index contributed by atoms with van der Waals surface area (Å²) in [5.74, 6) is 0. The van der Waals surface area contributed by atoms with Gasteiger partial charge < -0.3 is 10.2 Å². The summed E-state index contributed by atoms with van der Waals surface area (Å²) in [5.41, 5.74) is 7.19. The van der Waals surface area contributed by atoms with Gasteiger partial charge in [-0.1, -0.05) is 45.0 Å². The average Bonchev–Trinajstić information content (AvgIpc) is 2.81. The standard InChI is InChI=1S/C13H23NOSi/c1-5-12(14)11-9-10-15-13(11)16(6-2,7-3)8-4/h5,9-10,12H,1,6-8,14H2,2-4H3. The Kier molecular flexibility index (Phi) is 4.56. The van der Waals surface area contributed by atoms with Gasteiger partial charge in [0, 0.05) is 5.56 Å². The minimum Gasteiger partial charge on any atom is -0.474 e. The molecule has 0 spiro atoms. The van der Waals surface area contributed by atoms with Gasteiger partial charge in [0.1, 0.15) is 8.07 Å². The monoisotopic (exact) mass is 237 g/mol. The van der Waals surface area contributed by atoms with Gasteiger partial charge in [0.25, 0.3) is 0 Å². The van der Waals surface area contributed by atoms with Gasteiger partial charge in [-0.25, -0.2) is 0 Å². The molecule has 0 aliphatic rings. The summed E-state index contributed by atoms with van der Waals surface area (Å²) in [5, 5.41) is 1.19. The first-order valence-electron chi connectivity index (χ1n) is 6.11. The van der Waals surface area contributed by atoms with Crippen molar-refractivity contribution >= 4 is 13.5 Å². The van der Waals surface area contributed by atoms with Crippen LogP contribution < -0.4 is 11.1 Å². The second-order valence-electron chi connectivity index (χ2n) is 4.31. The Morgan fingerprint density at radius 2 is 1.94 bits per heavy atom. The molecule has 0 radical (unpaired) electrons. The second kappa shape index (κ2) is 5.50. The maximum atomic E-state index is 6.04. The van der Waals surface area contributed by atoms with Gasteiger partial charge in [-0.2, -0.15) is 0 Å². The van der Waals surface area contributed by atoms with Gasteiger partial charge >= 0.3 is 0 Å². The van der Waals surface area contributed by atoms with Crippen LogP contribution in [0.3, 0.4) is 0 Å². The van der Waals surface area contributed by atoms with Crippen molar-refractivity contribution in [2.45, 2.75) is 44.9 Å². The van der Waals surface area contributed by atoms with E-state index in [1.165, 1.54) is 23.5 Å². The van der Waals surface area contributed by atoms with Crippen LogP contribution in [-0.2, 0) is 0 Å². The molecule has 16 heavy (non-hydrogen) atoms. The zero-order valence-electron chi connectivity index (χ0n) is 10.6. The summed E-state index contributed by atoms with van der Waals surface area (Å²) in [6, 6.07) is 5.55. The molecular weight excluding hydrogens is 214 g/mol. The van der Waals surface area contributed by atoms with E-state index in [2.05, 4.69) is 27.4 Å². The van der Waals surface area contributed by atoms with E-state index in [9.17, 15) is 0 Å². The Morgan fingerprint density at radius 3 is 2.38 bits per heavy atom. The van der Waals surface area contributed by atoms with Crippen molar-refractivity contribution in [3.8, 4) is 0 Å². The Balaban J connectivity index is 3.20. The summed E-state index contributed by atoms with van der Waals surface area (Å²) in [6.45, 7) is 10.6. The number of furan rings is 1. The first kappa shape index (κ1) is 13.3. The summed E-state index contributed by atoms with van der Waals surface area (Å²) < 4.78 is 5.76. The van der Waals surface area contributed by atoms with Crippen molar-refractivity contribution in [1.29, 1.82) is 0 Å². The Morgan fingerprint density at radius 1 is 1.38 bits per heavy atom. The van der Waals surface area contributed by atoms with Crippen molar-refractivity contribution in [2.24, 2.45) is 5.73 Å². The van der Waals surface area contributed by atoms with E-state index in [0.717, 1.165) is 5.56 Å². The van der Waals surface area contributed by atoms with Crippen LogP contribution >= 0.6 is 0 Å². The Labute approximate surface area is 99.5 Å². The van der Waals surface area contributed by atoms with Crippen LogP contribution in [0, 0.1) is 0 Å². The lowest BCUT2D eigenvalue weighted by Gasteiger charge is -2.27.